The molecule has 0 radical (unpaired) electrons. The van der Waals surface area contributed by atoms with E-state index in [0.29, 0.717) is 13.0 Å². The van der Waals surface area contributed by atoms with Crippen molar-refractivity contribution in [2.75, 3.05) is 37.6 Å². The van der Waals surface area contributed by atoms with Gasteiger partial charge in [0.2, 0.25) is 12.3 Å². The summed E-state index contributed by atoms with van der Waals surface area (Å²) in [6.45, 7) is 5.78. The Hall–Kier alpha value is -2.04. The molecule has 1 fully saturated rings. The Labute approximate surface area is 138 Å². The minimum Gasteiger partial charge on any atom is -0.368 e. The monoisotopic (exact) mass is 317 g/mol. The third kappa shape index (κ3) is 4.98. The zero-order chi connectivity index (χ0) is 16.5. The van der Waals surface area contributed by atoms with Crippen LogP contribution in [0.1, 0.15) is 26.2 Å². The predicted octanol–water partition coefficient (Wildman–Crippen LogP) is 1.89. The number of para-hydroxylation sites is 1. The maximum atomic E-state index is 12.7. The second kappa shape index (κ2) is 9.18. The van der Waals surface area contributed by atoms with E-state index in [0.717, 1.165) is 45.4 Å². The van der Waals surface area contributed by atoms with Crippen LogP contribution < -0.4 is 10.2 Å². The maximum absolute atomic E-state index is 12.7. The summed E-state index contributed by atoms with van der Waals surface area (Å²) in [7, 11) is 0. The van der Waals surface area contributed by atoms with E-state index in [1.54, 1.807) is 0 Å². The lowest BCUT2D eigenvalue weighted by atomic mass is 10.00. The summed E-state index contributed by atoms with van der Waals surface area (Å²) in [4.78, 5) is 27.5. The van der Waals surface area contributed by atoms with E-state index < -0.39 is 0 Å². The molecular weight excluding hydrogens is 290 g/mol. The van der Waals surface area contributed by atoms with Crippen LogP contribution in [0.4, 0.5) is 5.69 Å². The molecule has 0 bridgehead atoms. The number of hydrogen-bond acceptors (Lipinski definition) is 3. The first-order chi connectivity index (χ1) is 11.3. The van der Waals surface area contributed by atoms with Crippen LogP contribution in [-0.2, 0) is 9.59 Å². The van der Waals surface area contributed by atoms with Gasteiger partial charge in [-0.1, -0.05) is 38.0 Å². The molecule has 1 aromatic carbocycles. The second-order valence-electron chi connectivity index (χ2n) is 6.01. The van der Waals surface area contributed by atoms with Crippen molar-refractivity contribution in [3.63, 3.8) is 0 Å². The SMILES string of the molecule is CCCC[C@H](CNC=O)C(=O)N1CCN(c2ccccc2)CC1. The van der Waals surface area contributed by atoms with Crippen LogP contribution in [0.15, 0.2) is 30.3 Å². The Kier molecular flexibility index (Phi) is 6.91. The summed E-state index contributed by atoms with van der Waals surface area (Å²) in [6, 6.07) is 10.3. The van der Waals surface area contributed by atoms with E-state index in [-0.39, 0.29) is 11.8 Å². The lowest BCUT2D eigenvalue weighted by molar-refractivity contribution is -0.136. The van der Waals surface area contributed by atoms with Crippen LogP contribution >= 0.6 is 0 Å². The van der Waals surface area contributed by atoms with E-state index in [1.807, 2.05) is 23.1 Å². The number of nitrogens with one attached hydrogen (secondary N) is 1. The third-order valence-electron chi connectivity index (χ3n) is 4.42. The standard InChI is InChI=1S/C18H27N3O2/c1-2-3-7-16(14-19-15-22)18(23)21-12-10-20(11-13-21)17-8-5-4-6-9-17/h4-6,8-9,15-16H,2-3,7,10-14H2,1H3,(H,19,22)/t16-/m1/s1. The van der Waals surface area contributed by atoms with Crippen LogP contribution in [0.2, 0.25) is 0 Å². The Morgan fingerprint density at radius 2 is 1.91 bits per heavy atom. The molecule has 1 aromatic rings. The summed E-state index contributed by atoms with van der Waals surface area (Å²) in [5.74, 6) is 0.0870. The van der Waals surface area contributed by atoms with Crippen LogP contribution in [0.3, 0.4) is 0 Å². The van der Waals surface area contributed by atoms with Gasteiger partial charge in [-0.2, -0.15) is 0 Å². The summed E-state index contributed by atoms with van der Waals surface area (Å²) < 4.78 is 0. The summed E-state index contributed by atoms with van der Waals surface area (Å²) in [5, 5.41) is 2.67. The number of amides is 2. The summed E-state index contributed by atoms with van der Waals surface area (Å²) >= 11 is 0. The number of unbranched alkanes of at least 4 members (excludes halogenated alkanes) is 1. The zero-order valence-electron chi connectivity index (χ0n) is 13.9. The number of carbonyl (C=O) groups is 2. The molecule has 1 aliphatic heterocycles. The molecule has 0 aliphatic carbocycles. The van der Waals surface area contributed by atoms with Gasteiger partial charge in [-0.25, -0.2) is 0 Å². The summed E-state index contributed by atoms with van der Waals surface area (Å²) in [5.41, 5.74) is 1.21. The largest absolute Gasteiger partial charge is 0.368 e. The van der Waals surface area contributed by atoms with Crippen molar-refractivity contribution in [1.29, 1.82) is 0 Å². The van der Waals surface area contributed by atoms with Crippen molar-refractivity contribution in [1.82, 2.24) is 10.2 Å². The van der Waals surface area contributed by atoms with Gasteiger partial charge in [-0.15, -0.1) is 0 Å². The molecular formula is C18H27N3O2. The molecule has 5 heteroatoms. The minimum atomic E-state index is -0.0941. The van der Waals surface area contributed by atoms with Gasteiger partial charge in [0.15, 0.2) is 0 Å². The molecule has 0 saturated carbocycles. The van der Waals surface area contributed by atoms with E-state index in [2.05, 4.69) is 29.3 Å². The first kappa shape index (κ1) is 17.3. The first-order valence-corrected chi connectivity index (χ1v) is 8.52. The molecule has 1 N–H and O–H groups in total. The topological polar surface area (TPSA) is 52.7 Å². The lowest BCUT2D eigenvalue weighted by Crippen LogP contribution is -2.51. The zero-order valence-corrected chi connectivity index (χ0v) is 13.9. The van der Waals surface area contributed by atoms with E-state index in [1.165, 1.54) is 5.69 Å². The van der Waals surface area contributed by atoms with Crippen molar-refractivity contribution >= 4 is 18.0 Å². The van der Waals surface area contributed by atoms with Crippen molar-refractivity contribution in [2.45, 2.75) is 26.2 Å². The third-order valence-corrected chi connectivity index (χ3v) is 4.42. The molecule has 1 atom stereocenters. The fraction of sp³-hybridized carbons (Fsp3) is 0.556. The number of benzene rings is 1. The number of carbonyl (C=O) groups excluding carboxylic acids is 2. The number of piperazine rings is 1. The maximum Gasteiger partial charge on any atom is 0.227 e. The van der Waals surface area contributed by atoms with Crippen LogP contribution in [0.25, 0.3) is 0 Å². The highest BCUT2D eigenvalue weighted by molar-refractivity contribution is 5.79. The van der Waals surface area contributed by atoms with Gasteiger partial charge in [0.25, 0.3) is 0 Å². The van der Waals surface area contributed by atoms with Crippen LogP contribution in [0.5, 0.6) is 0 Å². The molecule has 0 unspecified atom stereocenters. The van der Waals surface area contributed by atoms with Crippen LogP contribution in [0, 0.1) is 5.92 Å². The molecule has 23 heavy (non-hydrogen) atoms. The normalized spacial score (nSPS) is 16.0. The van der Waals surface area contributed by atoms with Crippen molar-refractivity contribution < 1.29 is 9.59 Å². The molecule has 1 heterocycles. The minimum absolute atomic E-state index is 0.0941. The molecule has 1 aliphatic rings. The second-order valence-corrected chi connectivity index (χ2v) is 6.01. The quantitative estimate of drug-likeness (QED) is 0.745. The smallest absolute Gasteiger partial charge is 0.227 e. The molecule has 0 spiro atoms. The highest BCUT2D eigenvalue weighted by Crippen LogP contribution is 2.18. The van der Waals surface area contributed by atoms with E-state index in [9.17, 15) is 9.59 Å². The Balaban J connectivity index is 1.88. The van der Waals surface area contributed by atoms with Gasteiger partial charge in [-0.3, -0.25) is 9.59 Å². The highest BCUT2D eigenvalue weighted by Gasteiger charge is 2.27. The van der Waals surface area contributed by atoms with Crippen molar-refractivity contribution in [2.24, 2.45) is 5.92 Å². The Morgan fingerprint density at radius 1 is 1.22 bits per heavy atom. The fourth-order valence-electron chi connectivity index (χ4n) is 3.04. The van der Waals surface area contributed by atoms with Crippen molar-refractivity contribution in [3.8, 4) is 0 Å². The average Bonchev–Trinajstić information content (AvgIpc) is 2.62. The number of hydrogen-bond donors (Lipinski definition) is 1. The first-order valence-electron chi connectivity index (χ1n) is 8.52. The lowest BCUT2D eigenvalue weighted by Gasteiger charge is -2.37. The van der Waals surface area contributed by atoms with Gasteiger partial charge in [-0.05, 0) is 18.6 Å². The Morgan fingerprint density at radius 3 is 2.52 bits per heavy atom. The molecule has 126 valence electrons. The molecule has 2 amide bonds. The summed E-state index contributed by atoms with van der Waals surface area (Å²) in [6.07, 6.45) is 3.60. The number of rotatable bonds is 8. The van der Waals surface area contributed by atoms with E-state index >= 15 is 0 Å². The molecule has 0 aromatic heterocycles. The number of nitrogens with zero attached hydrogens (tertiary/aromatic N) is 2. The van der Waals surface area contributed by atoms with Gasteiger partial charge < -0.3 is 15.1 Å². The van der Waals surface area contributed by atoms with Crippen LogP contribution in [-0.4, -0.2) is 49.9 Å². The molecule has 5 nitrogen and oxygen atoms in total. The highest BCUT2D eigenvalue weighted by atomic mass is 16.2. The van der Waals surface area contributed by atoms with Gasteiger partial charge in [0, 0.05) is 38.4 Å². The molecule has 2 rings (SSSR count). The van der Waals surface area contributed by atoms with Crippen molar-refractivity contribution in [3.05, 3.63) is 30.3 Å². The number of anilines is 1. The predicted molar refractivity (Wildman–Crippen MR) is 92.3 cm³/mol. The molecule has 1 saturated heterocycles. The van der Waals surface area contributed by atoms with E-state index in [4.69, 9.17) is 0 Å². The Bertz CT molecular complexity index is 484. The van der Waals surface area contributed by atoms with Gasteiger partial charge >= 0.3 is 0 Å². The fourth-order valence-corrected chi connectivity index (χ4v) is 3.04. The average molecular weight is 317 g/mol. The van der Waals surface area contributed by atoms with Gasteiger partial charge in [0.05, 0.1) is 5.92 Å². The van der Waals surface area contributed by atoms with Gasteiger partial charge in [0.1, 0.15) is 0 Å².